The van der Waals surface area contributed by atoms with Crippen molar-refractivity contribution in [2.75, 3.05) is 13.1 Å². The summed E-state index contributed by atoms with van der Waals surface area (Å²) in [7, 11) is 0. The fraction of sp³-hybridized carbons (Fsp3) is 0.605. The summed E-state index contributed by atoms with van der Waals surface area (Å²) in [6.45, 7) is 6.88. The van der Waals surface area contributed by atoms with Crippen LogP contribution in [-0.4, -0.2) is 93.1 Å². The number of rotatable bonds is 13. The zero-order valence-corrected chi connectivity index (χ0v) is 29.2. The van der Waals surface area contributed by atoms with Gasteiger partial charge in [-0.1, -0.05) is 67.8 Å². The Hall–Kier alpha value is -3.19. The summed E-state index contributed by atoms with van der Waals surface area (Å²) >= 11 is 0. The van der Waals surface area contributed by atoms with Gasteiger partial charge in [-0.05, 0) is 81.9 Å². The van der Waals surface area contributed by atoms with Gasteiger partial charge in [-0.15, -0.1) is 0 Å². The molecule has 11 heteroatoms. The number of carbonyl (C=O) groups excluding carboxylic acids is 2. The van der Waals surface area contributed by atoms with Crippen LogP contribution in [0.1, 0.15) is 76.8 Å². The molecule has 2 aromatic carbocycles. The van der Waals surface area contributed by atoms with Gasteiger partial charge in [0.2, 0.25) is 11.8 Å². The lowest BCUT2D eigenvalue weighted by Gasteiger charge is -2.47. The lowest BCUT2D eigenvalue weighted by atomic mass is 9.72. The van der Waals surface area contributed by atoms with Crippen LogP contribution in [0, 0.1) is 11.8 Å². The van der Waals surface area contributed by atoms with Gasteiger partial charge >= 0.3 is 0 Å². The SMILES string of the molecule is CC(C)(C)NC(=O)C1C[C@@H]2CCCC[C@@H]2CN1CC(O)[C@H](Cc1ccccc1)NC(=O)CC(NC(O)C1=Nc2ccccc2CC1)C(N)O. The van der Waals surface area contributed by atoms with Gasteiger partial charge in [0.15, 0.2) is 0 Å². The van der Waals surface area contributed by atoms with E-state index in [4.69, 9.17) is 5.73 Å². The molecule has 0 bridgehead atoms. The maximum absolute atomic E-state index is 13.6. The maximum atomic E-state index is 13.6. The van der Waals surface area contributed by atoms with E-state index in [2.05, 4.69) is 25.8 Å². The number of aryl methyl sites for hydroxylation is 1. The number of hydrogen-bond donors (Lipinski definition) is 7. The molecule has 268 valence electrons. The third-order valence-electron chi connectivity index (χ3n) is 10.2. The highest BCUT2D eigenvalue weighted by atomic mass is 16.3. The van der Waals surface area contributed by atoms with Crippen LogP contribution in [0.4, 0.5) is 5.69 Å². The molecular weight excluding hydrogens is 620 g/mol. The van der Waals surface area contributed by atoms with Crippen molar-refractivity contribution >= 4 is 23.2 Å². The number of β-amino-alcohol motifs (C(OH)–C–C–N with tert-alkyl or cyclic N) is 1. The fourth-order valence-electron chi connectivity index (χ4n) is 7.69. The predicted octanol–water partition coefficient (Wildman–Crippen LogP) is 2.53. The Kier molecular flexibility index (Phi) is 12.6. The maximum Gasteiger partial charge on any atom is 0.237 e. The van der Waals surface area contributed by atoms with Crippen molar-refractivity contribution in [3.63, 3.8) is 0 Å². The zero-order valence-electron chi connectivity index (χ0n) is 29.2. The van der Waals surface area contributed by atoms with Gasteiger partial charge in [0.05, 0.1) is 35.6 Å². The molecular formula is C38H56N6O5. The molecule has 5 rings (SSSR count). The van der Waals surface area contributed by atoms with Gasteiger partial charge in [0.1, 0.15) is 12.5 Å². The zero-order chi connectivity index (χ0) is 35.1. The summed E-state index contributed by atoms with van der Waals surface area (Å²) in [5.74, 6) is 0.517. The predicted molar refractivity (Wildman–Crippen MR) is 191 cm³/mol. The smallest absolute Gasteiger partial charge is 0.237 e. The van der Waals surface area contributed by atoms with E-state index >= 15 is 0 Å². The Morgan fingerprint density at radius 1 is 0.959 bits per heavy atom. The molecule has 11 nitrogen and oxygen atoms in total. The minimum Gasteiger partial charge on any atom is -0.390 e. The molecule has 5 unspecified atom stereocenters. The van der Waals surface area contributed by atoms with E-state index in [1.807, 2.05) is 75.4 Å². The highest BCUT2D eigenvalue weighted by Crippen LogP contribution is 2.39. The van der Waals surface area contributed by atoms with Gasteiger partial charge in [0, 0.05) is 25.0 Å². The van der Waals surface area contributed by atoms with Crippen molar-refractivity contribution in [1.82, 2.24) is 20.9 Å². The molecule has 8 atom stereocenters. The average molecular weight is 677 g/mol. The molecule has 1 aliphatic carbocycles. The number of likely N-dealkylation sites (tertiary alicyclic amines) is 1. The van der Waals surface area contributed by atoms with E-state index < -0.39 is 36.6 Å². The minimum absolute atomic E-state index is 0.0252. The van der Waals surface area contributed by atoms with Gasteiger partial charge in [-0.2, -0.15) is 0 Å². The van der Waals surface area contributed by atoms with Crippen LogP contribution in [0.5, 0.6) is 0 Å². The van der Waals surface area contributed by atoms with Crippen molar-refractivity contribution in [3.8, 4) is 0 Å². The quantitative estimate of drug-likeness (QED) is 0.159. The minimum atomic E-state index is -1.44. The summed E-state index contributed by atoms with van der Waals surface area (Å²) in [4.78, 5) is 33.9. The molecule has 2 heterocycles. The van der Waals surface area contributed by atoms with Crippen molar-refractivity contribution < 1.29 is 24.9 Å². The van der Waals surface area contributed by atoms with E-state index in [0.29, 0.717) is 30.4 Å². The van der Waals surface area contributed by atoms with Crippen LogP contribution in [0.15, 0.2) is 59.6 Å². The Morgan fingerprint density at radius 3 is 2.37 bits per heavy atom. The molecule has 1 saturated carbocycles. The molecule has 2 aromatic rings. The number of nitrogens with two attached hydrogens (primary N) is 1. The van der Waals surface area contributed by atoms with E-state index in [1.165, 1.54) is 12.8 Å². The molecule has 49 heavy (non-hydrogen) atoms. The van der Waals surface area contributed by atoms with E-state index in [0.717, 1.165) is 49.0 Å². The first kappa shape index (κ1) is 37.1. The van der Waals surface area contributed by atoms with Gasteiger partial charge < -0.3 is 31.7 Å². The number of hydrogen-bond acceptors (Lipinski definition) is 9. The number of carbonyl (C=O) groups is 2. The summed E-state index contributed by atoms with van der Waals surface area (Å²) < 4.78 is 0. The molecule has 8 N–H and O–H groups in total. The number of nitrogens with zero attached hydrogens (tertiary/aromatic N) is 2. The second-order valence-electron chi connectivity index (χ2n) is 15.3. The highest BCUT2D eigenvalue weighted by Gasteiger charge is 2.42. The largest absolute Gasteiger partial charge is 0.390 e. The first-order chi connectivity index (χ1) is 23.4. The molecule has 0 aromatic heterocycles. The molecule has 3 aliphatic rings. The molecule has 2 aliphatic heterocycles. The fourth-order valence-corrected chi connectivity index (χ4v) is 7.69. The lowest BCUT2D eigenvalue weighted by molar-refractivity contribution is -0.133. The highest BCUT2D eigenvalue weighted by molar-refractivity contribution is 5.92. The summed E-state index contributed by atoms with van der Waals surface area (Å²) in [5.41, 5.74) is 8.84. The third kappa shape index (κ3) is 10.4. The molecule has 0 spiro atoms. The number of amides is 2. The van der Waals surface area contributed by atoms with Gasteiger partial charge in [0.25, 0.3) is 0 Å². The number of nitrogens with one attached hydrogen (secondary N) is 3. The number of para-hydroxylation sites is 1. The number of aliphatic hydroxyl groups excluding tert-OH is 3. The standard InChI is InChI=1S/C38H56N6O5/c1-38(2,3)43-37(49)32-20-26-14-7-8-15-27(26)22-44(32)23-33(45)30(19-24-11-5-4-6-12-24)41-34(46)21-31(35(39)47)42-36(48)29-18-17-25-13-9-10-16-28(25)40-29/h4-6,9-13,16,26-27,30-33,35-36,42,45,47-48H,7-8,14-15,17-23,39H2,1-3H3,(H,41,46)(H,43,49)/t26-,27+,30-,31?,32?,33?,35?,36?/m0/s1. The third-order valence-corrected chi connectivity index (χ3v) is 10.2. The number of piperidine rings is 1. The van der Waals surface area contributed by atoms with Crippen molar-refractivity contribution in [2.24, 2.45) is 22.6 Å². The number of aliphatic hydroxyl groups is 3. The Morgan fingerprint density at radius 2 is 1.65 bits per heavy atom. The van der Waals surface area contributed by atoms with Crippen molar-refractivity contribution in [2.45, 2.75) is 121 Å². The molecule has 2 fully saturated rings. The normalized spacial score (nSPS) is 24.3. The second kappa shape index (κ2) is 16.7. The van der Waals surface area contributed by atoms with Crippen LogP contribution in [0.3, 0.4) is 0 Å². The van der Waals surface area contributed by atoms with Crippen molar-refractivity contribution in [3.05, 3.63) is 65.7 Å². The Balaban J connectivity index is 1.28. The average Bonchev–Trinajstić information content (AvgIpc) is 3.06. The summed E-state index contributed by atoms with van der Waals surface area (Å²) in [5, 5.41) is 42.3. The second-order valence-corrected chi connectivity index (χ2v) is 15.3. The van der Waals surface area contributed by atoms with Crippen LogP contribution in [-0.2, 0) is 22.4 Å². The first-order valence-corrected chi connectivity index (χ1v) is 18.0. The van der Waals surface area contributed by atoms with Crippen LogP contribution in [0.25, 0.3) is 0 Å². The Labute approximate surface area is 290 Å². The van der Waals surface area contributed by atoms with Crippen molar-refractivity contribution in [1.29, 1.82) is 0 Å². The summed E-state index contributed by atoms with van der Waals surface area (Å²) in [6.07, 6.45) is 3.15. The monoisotopic (exact) mass is 676 g/mol. The van der Waals surface area contributed by atoms with Crippen LogP contribution in [0.2, 0.25) is 0 Å². The number of aliphatic imine (C=N–C) groups is 1. The van der Waals surface area contributed by atoms with E-state index in [9.17, 15) is 24.9 Å². The van der Waals surface area contributed by atoms with Crippen LogP contribution >= 0.6 is 0 Å². The number of fused-ring (bicyclic) bond motifs is 2. The topological polar surface area (TPSA) is 173 Å². The Bertz CT molecular complexity index is 1430. The van der Waals surface area contributed by atoms with Gasteiger partial charge in [-0.3, -0.25) is 24.8 Å². The summed E-state index contributed by atoms with van der Waals surface area (Å²) in [6, 6.07) is 15.4. The van der Waals surface area contributed by atoms with Crippen LogP contribution < -0.4 is 21.7 Å². The lowest BCUT2D eigenvalue weighted by Crippen LogP contribution is -2.60. The van der Waals surface area contributed by atoms with E-state index in [1.54, 1.807) is 0 Å². The first-order valence-electron chi connectivity index (χ1n) is 18.0. The van der Waals surface area contributed by atoms with E-state index in [-0.39, 0.29) is 30.5 Å². The molecule has 2 amide bonds. The molecule has 1 saturated heterocycles. The molecule has 0 radical (unpaired) electrons. The number of benzene rings is 2. The van der Waals surface area contributed by atoms with Gasteiger partial charge in [-0.25, -0.2) is 0 Å².